The Hall–Kier alpha value is -1.51. The molecule has 0 fully saturated rings. The maximum Gasteiger partial charge on any atom is 0.124 e. The van der Waals surface area contributed by atoms with E-state index in [2.05, 4.69) is 37.3 Å². The number of hydrogen-bond donors (Lipinski definition) is 0. The molecule has 1 heterocycles. The molecule has 0 unspecified atom stereocenters. The van der Waals surface area contributed by atoms with Gasteiger partial charge in [0.1, 0.15) is 19.8 Å². The van der Waals surface area contributed by atoms with Crippen molar-refractivity contribution in [1.82, 2.24) is 5.16 Å². The summed E-state index contributed by atoms with van der Waals surface area (Å²) in [5.74, 6) is 0. The summed E-state index contributed by atoms with van der Waals surface area (Å²) < 4.78 is 4.78. The fraction of sp³-hybridized carbons (Fsp3) is 0.100. The summed E-state index contributed by atoms with van der Waals surface area (Å²) in [6.45, 7) is 0. The molecule has 0 aliphatic heterocycles. The largest absolute Gasteiger partial charge is 0.364 e. The van der Waals surface area contributed by atoms with E-state index in [1.165, 1.54) is 5.56 Å². The van der Waals surface area contributed by atoms with Gasteiger partial charge in [0.25, 0.3) is 0 Å². The molecule has 1 aromatic heterocycles. The van der Waals surface area contributed by atoms with Crippen molar-refractivity contribution in [3.8, 4) is 11.3 Å². The maximum atomic E-state index is 4.78. The predicted octanol–water partition coefficient (Wildman–Crippen LogP) is 1.47. The fourth-order valence-corrected chi connectivity index (χ4v) is 1.27. The average Bonchev–Trinajstić information content (AvgIpc) is 2.71. The van der Waals surface area contributed by atoms with Crippen molar-refractivity contribution in [3.63, 3.8) is 0 Å². The number of aromatic nitrogens is 1. The Morgan fingerprint density at radius 1 is 1.15 bits per heavy atom. The second kappa shape index (κ2) is 3.48. The Kier molecular flexibility index (Phi) is 2.17. The van der Waals surface area contributed by atoms with Crippen molar-refractivity contribution in [2.75, 3.05) is 0 Å². The summed E-state index contributed by atoms with van der Waals surface area (Å²) in [5.41, 5.74) is 3.33. The molecule has 64 valence electrons. The normalized spacial score (nSPS) is 10.2. The van der Waals surface area contributed by atoms with Crippen LogP contribution in [0.15, 0.2) is 41.1 Å². The summed E-state index contributed by atoms with van der Waals surface area (Å²) in [6, 6.07) is 10.2. The van der Waals surface area contributed by atoms with E-state index < -0.39 is 0 Å². The highest BCUT2D eigenvalue weighted by Crippen LogP contribution is 2.17. The van der Waals surface area contributed by atoms with Gasteiger partial charge in [-0.2, -0.15) is 0 Å². The molecule has 3 heteroatoms. The minimum Gasteiger partial charge on any atom is -0.364 e. The molecule has 2 rings (SSSR count). The molecule has 0 atom stereocenters. The van der Waals surface area contributed by atoms with E-state index in [-0.39, 0.29) is 0 Å². The van der Waals surface area contributed by atoms with Crippen LogP contribution >= 0.6 is 0 Å². The van der Waals surface area contributed by atoms with E-state index in [1.54, 1.807) is 6.26 Å². The Morgan fingerprint density at radius 3 is 2.46 bits per heavy atom. The van der Waals surface area contributed by atoms with Crippen LogP contribution in [0.5, 0.6) is 0 Å². The number of hydrogen-bond acceptors (Lipinski definition) is 2. The van der Waals surface area contributed by atoms with Crippen LogP contribution in [0.4, 0.5) is 0 Å². The van der Waals surface area contributed by atoms with Crippen molar-refractivity contribution in [3.05, 3.63) is 42.2 Å². The quantitative estimate of drug-likeness (QED) is 0.639. The summed E-state index contributed by atoms with van der Waals surface area (Å²) in [6.07, 6.45) is 2.65. The van der Waals surface area contributed by atoms with E-state index in [0.717, 1.165) is 17.6 Å². The first-order valence-electron chi connectivity index (χ1n) is 4.40. The molecule has 13 heavy (non-hydrogen) atoms. The van der Waals surface area contributed by atoms with Crippen molar-refractivity contribution >= 4 is 7.85 Å². The van der Waals surface area contributed by atoms with Crippen LogP contribution in [0.2, 0.25) is 0 Å². The molecule has 2 nitrogen and oxygen atoms in total. The Labute approximate surface area is 78.0 Å². The predicted molar refractivity (Wildman–Crippen MR) is 54.2 cm³/mol. The first kappa shape index (κ1) is 8.11. The van der Waals surface area contributed by atoms with Gasteiger partial charge in [-0.15, -0.1) is 0 Å². The average molecular weight is 171 g/mol. The Bertz CT molecular complexity index is 366. The van der Waals surface area contributed by atoms with Crippen LogP contribution in [-0.2, 0) is 6.32 Å². The Balaban J connectivity index is 2.33. The molecule has 0 N–H and O–H groups in total. The molecule has 0 spiro atoms. The lowest BCUT2D eigenvalue weighted by molar-refractivity contribution is 0.422. The SMILES string of the molecule is BCc1ccc(-c2ccon2)cc1. The van der Waals surface area contributed by atoms with Gasteiger partial charge in [-0.3, -0.25) is 0 Å². The summed E-state index contributed by atoms with van der Waals surface area (Å²) in [4.78, 5) is 0. The van der Waals surface area contributed by atoms with Gasteiger partial charge in [0, 0.05) is 11.6 Å². The van der Waals surface area contributed by atoms with Gasteiger partial charge in [-0.1, -0.05) is 41.3 Å². The lowest BCUT2D eigenvalue weighted by atomic mass is 9.96. The second-order valence-corrected chi connectivity index (χ2v) is 2.94. The van der Waals surface area contributed by atoms with E-state index in [4.69, 9.17) is 4.52 Å². The van der Waals surface area contributed by atoms with Gasteiger partial charge in [-0.05, 0) is 0 Å². The maximum absolute atomic E-state index is 4.78. The van der Waals surface area contributed by atoms with Crippen LogP contribution in [0.1, 0.15) is 5.56 Å². The van der Waals surface area contributed by atoms with E-state index in [1.807, 2.05) is 6.07 Å². The van der Waals surface area contributed by atoms with Crippen molar-refractivity contribution < 1.29 is 4.52 Å². The number of rotatable bonds is 2. The molecule has 2 aromatic rings. The topological polar surface area (TPSA) is 26.0 Å². The van der Waals surface area contributed by atoms with E-state index in [0.29, 0.717) is 0 Å². The molecule has 0 radical (unpaired) electrons. The van der Waals surface area contributed by atoms with Crippen molar-refractivity contribution in [2.45, 2.75) is 6.32 Å². The van der Waals surface area contributed by atoms with E-state index in [9.17, 15) is 0 Å². The van der Waals surface area contributed by atoms with E-state index >= 15 is 0 Å². The van der Waals surface area contributed by atoms with Crippen LogP contribution in [0.3, 0.4) is 0 Å². The van der Waals surface area contributed by atoms with Gasteiger partial charge >= 0.3 is 0 Å². The molecule has 0 amide bonds. The lowest BCUT2D eigenvalue weighted by Crippen LogP contribution is -1.83. The van der Waals surface area contributed by atoms with Crippen LogP contribution < -0.4 is 0 Å². The summed E-state index contributed by atoms with van der Waals surface area (Å²) in [5, 5.41) is 3.87. The first-order valence-corrected chi connectivity index (χ1v) is 4.40. The molecular formula is C10H10BNO. The van der Waals surface area contributed by atoms with Gasteiger partial charge in [0.15, 0.2) is 0 Å². The minimum absolute atomic E-state index is 0.891. The third-order valence-electron chi connectivity index (χ3n) is 2.10. The van der Waals surface area contributed by atoms with Gasteiger partial charge < -0.3 is 4.52 Å². The second-order valence-electron chi connectivity index (χ2n) is 2.94. The molecule has 0 aliphatic carbocycles. The van der Waals surface area contributed by atoms with Gasteiger partial charge in [0.05, 0.1) is 0 Å². The lowest BCUT2D eigenvalue weighted by Gasteiger charge is -1.97. The molecule has 0 aliphatic rings. The number of benzene rings is 1. The monoisotopic (exact) mass is 171 g/mol. The highest BCUT2D eigenvalue weighted by molar-refractivity contribution is 6.08. The third kappa shape index (κ3) is 1.64. The summed E-state index contributed by atoms with van der Waals surface area (Å²) >= 11 is 0. The first-order chi connectivity index (χ1) is 6.40. The molecule has 0 saturated heterocycles. The van der Waals surface area contributed by atoms with Gasteiger partial charge in [0.2, 0.25) is 0 Å². The molecule has 0 saturated carbocycles. The molecule has 1 aromatic carbocycles. The van der Waals surface area contributed by atoms with Crippen molar-refractivity contribution in [2.24, 2.45) is 0 Å². The Morgan fingerprint density at radius 2 is 1.92 bits per heavy atom. The standard InChI is InChI=1S/C10H10BNO/c11-7-8-1-3-9(4-2-8)10-5-6-13-12-10/h1-6H,7,11H2. The third-order valence-corrected chi connectivity index (χ3v) is 2.10. The minimum atomic E-state index is 0.891. The van der Waals surface area contributed by atoms with Gasteiger partial charge in [-0.25, -0.2) is 0 Å². The summed E-state index contributed by atoms with van der Waals surface area (Å²) in [7, 11) is 2.14. The number of nitrogens with zero attached hydrogens (tertiary/aromatic N) is 1. The molecular weight excluding hydrogens is 161 g/mol. The zero-order valence-electron chi connectivity index (χ0n) is 7.53. The molecule has 0 bridgehead atoms. The fourth-order valence-electron chi connectivity index (χ4n) is 1.27. The highest BCUT2D eigenvalue weighted by Gasteiger charge is 1.99. The van der Waals surface area contributed by atoms with Crippen molar-refractivity contribution in [1.29, 1.82) is 0 Å². The van der Waals surface area contributed by atoms with Crippen LogP contribution in [0, 0.1) is 0 Å². The van der Waals surface area contributed by atoms with Crippen LogP contribution in [-0.4, -0.2) is 13.0 Å². The zero-order valence-corrected chi connectivity index (χ0v) is 7.53. The smallest absolute Gasteiger partial charge is 0.124 e. The van der Waals surface area contributed by atoms with Crippen LogP contribution in [0.25, 0.3) is 11.3 Å². The highest BCUT2D eigenvalue weighted by atomic mass is 16.5. The zero-order chi connectivity index (χ0) is 9.10.